The van der Waals surface area contributed by atoms with Crippen molar-refractivity contribution < 1.29 is 9.79 Å². The summed E-state index contributed by atoms with van der Waals surface area (Å²) >= 11 is 1.58. The largest absolute Gasteiger partial charge is 0.508 e. The van der Waals surface area contributed by atoms with Crippen LogP contribution in [0.4, 0.5) is 10.8 Å². The Balaban J connectivity index is 1.68. The number of phenolic OH excluding ortho intramolecular Hbond substituents is 1. The molecule has 0 saturated carbocycles. The lowest BCUT2D eigenvalue weighted by molar-refractivity contribution is -0.654. The number of hydrogen-bond acceptors (Lipinski definition) is 4. The Morgan fingerprint density at radius 2 is 1.48 bits per heavy atom. The average molecular weight is 372 g/mol. The van der Waals surface area contributed by atoms with E-state index in [2.05, 4.69) is 5.32 Å². The SMILES string of the molecule is Oc1ccc(/C=C/c2sc(Nc3ccccc3)n[n+]2-c2ccccc2)cc1. The lowest BCUT2D eigenvalue weighted by Gasteiger charge is -1.97. The van der Waals surface area contributed by atoms with Crippen molar-refractivity contribution in [3.8, 4) is 11.4 Å². The van der Waals surface area contributed by atoms with Crippen LogP contribution in [0.3, 0.4) is 0 Å². The molecule has 4 aromatic rings. The minimum absolute atomic E-state index is 0.263. The molecule has 27 heavy (non-hydrogen) atoms. The van der Waals surface area contributed by atoms with Crippen molar-refractivity contribution in [2.24, 2.45) is 0 Å². The summed E-state index contributed by atoms with van der Waals surface area (Å²) in [6.45, 7) is 0. The van der Waals surface area contributed by atoms with Gasteiger partial charge in [0.1, 0.15) is 5.75 Å². The third-order valence-electron chi connectivity index (χ3n) is 3.94. The molecule has 0 unspecified atom stereocenters. The molecule has 2 N–H and O–H groups in total. The van der Waals surface area contributed by atoms with E-state index in [0.717, 1.165) is 27.1 Å². The van der Waals surface area contributed by atoms with Crippen molar-refractivity contribution >= 4 is 34.3 Å². The van der Waals surface area contributed by atoms with E-state index in [-0.39, 0.29) is 5.75 Å². The van der Waals surface area contributed by atoms with Gasteiger partial charge in [-0.2, -0.15) is 0 Å². The number of benzene rings is 3. The highest BCUT2D eigenvalue weighted by atomic mass is 32.1. The van der Waals surface area contributed by atoms with Gasteiger partial charge in [0.05, 0.1) is 0 Å². The van der Waals surface area contributed by atoms with Crippen LogP contribution in [0, 0.1) is 0 Å². The normalized spacial score (nSPS) is 11.0. The highest BCUT2D eigenvalue weighted by Gasteiger charge is 2.20. The van der Waals surface area contributed by atoms with Crippen LogP contribution in [0.25, 0.3) is 17.8 Å². The summed E-state index contributed by atoms with van der Waals surface area (Å²) in [6.07, 6.45) is 4.05. The molecule has 132 valence electrons. The maximum Gasteiger partial charge on any atom is 0.297 e. The molecule has 3 aromatic carbocycles. The fourth-order valence-corrected chi connectivity index (χ4v) is 3.47. The van der Waals surface area contributed by atoms with E-state index >= 15 is 0 Å². The van der Waals surface area contributed by atoms with Gasteiger partial charge in [0, 0.05) is 29.0 Å². The Kier molecular flexibility index (Phi) is 4.94. The third-order valence-corrected chi connectivity index (χ3v) is 4.83. The Morgan fingerprint density at radius 1 is 0.815 bits per heavy atom. The summed E-state index contributed by atoms with van der Waals surface area (Å²) in [7, 11) is 0. The first kappa shape index (κ1) is 17.0. The molecule has 1 heterocycles. The van der Waals surface area contributed by atoms with E-state index in [1.54, 1.807) is 23.5 Å². The molecular weight excluding hydrogens is 354 g/mol. The zero-order valence-electron chi connectivity index (χ0n) is 14.5. The standard InChI is InChI=1S/C22H17N3OS/c26-20-14-11-17(12-15-20)13-16-21-25(19-9-5-2-6-10-19)24-22(27-21)23-18-7-3-1-4-8-18/h1-16H,(H,23,24)/p+1. The molecule has 0 atom stereocenters. The summed E-state index contributed by atoms with van der Waals surface area (Å²) in [5.74, 6) is 0.263. The number of rotatable bonds is 5. The van der Waals surface area contributed by atoms with Crippen LogP contribution in [-0.4, -0.2) is 10.2 Å². The van der Waals surface area contributed by atoms with Crippen molar-refractivity contribution in [1.29, 1.82) is 0 Å². The number of phenols is 1. The molecule has 0 radical (unpaired) electrons. The molecule has 0 bridgehead atoms. The van der Waals surface area contributed by atoms with Crippen LogP contribution in [0.1, 0.15) is 10.6 Å². The van der Waals surface area contributed by atoms with Crippen molar-refractivity contribution in [3.05, 3.63) is 95.5 Å². The van der Waals surface area contributed by atoms with Gasteiger partial charge in [-0.1, -0.05) is 48.5 Å². The predicted octanol–water partition coefficient (Wildman–Crippen LogP) is 5.04. The maximum atomic E-state index is 9.43. The zero-order chi connectivity index (χ0) is 18.5. The van der Waals surface area contributed by atoms with Gasteiger partial charge >= 0.3 is 0 Å². The lowest BCUT2D eigenvalue weighted by atomic mass is 10.2. The van der Waals surface area contributed by atoms with Crippen LogP contribution in [0.15, 0.2) is 84.9 Å². The topological polar surface area (TPSA) is 49.0 Å². The number of nitrogens with zero attached hydrogens (tertiary/aromatic N) is 2. The Labute approximate surface area is 161 Å². The summed E-state index contributed by atoms with van der Waals surface area (Å²) in [5.41, 5.74) is 3.01. The summed E-state index contributed by atoms with van der Waals surface area (Å²) in [6, 6.07) is 27.2. The molecule has 0 aliphatic carbocycles. The fraction of sp³-hybridized carbons (Fsp3) is 0. The number of para-hydroxylation sites is 2. The van der Waals surface area contributed by atoms with E-state index in [1.807, 2.05) is 89.6 Å². The summed E-state index contributed by atoms with van der Waals surface area (Å²) < 4.78 is 1.92. The second-order valence-electron chi connectivity index (χ2n) is 5.91. The molecule has 0 fully saturated rings. The van der Waals surface area contributed by atoms with Crippen molar-refractivity contribution in [1.82, 2.24) is 5.10 Å². The van der Waals surface area contributed by atoms with Crippen LogP contribution in [-0.2, 0) is 0 Å². The third kappa shape index (κ3) is 4.22. The molecular formula is C22H18N3OS+. The first-order chi connectivity index (χ1) is 13.3. The molecule has 0 spiro atoms. The highest BCUT2D eigenvalue weighted by Crippen LogP contribution is 2.22. The van der Waals surface area contributed by atoms with Gasteiger partial charge in [0.15, 0.2) is 0 Å². The van der Waals surface area contributed by atoms with Crippen LogP contribution < -0.4 is 10.00 Å². The Bertz CT molecular complexity index is 1040. The maximum absolute atomic E-state index is 9.43. The molecule has 0 aliphatic heterocycles. The molecule has 0 aliphatic rings. The van der Waals surface area contributed by atoms with Crippen LogP contribution >= 0.6 is 11.3 Å². The molecule has 1 aromatic heterocycles. The van der Waals surface area contributed by atoms with Gasteiger partial charge in [-0.15, -0.1) is 0 Å². The van der Waals surface area contributed by atoms with E-state index in [0.29, 0.717) is 0 Å². The molecule has 4 nitrogen and oxygen atoms in total. The van der Waals surface area contributed by atoms with Crippen molar-refractivity contribution in [2.75, 3.05) is 5.32 Å². The van der Waals surface area contributed by atoms with Gasteiger partial charge in [-0.25, -0.2) is 0 Å². The first-order valence-corrected chi connectivity index (χ1v) is 9.37. The number of aromatic hydroxyl groups is 1. The second-order valence-corrected chi connectivity index (χ2v) is 6.92. The van der Waals surface area contributed by atoms with Crippen molar-refractivity contribution in [3.63, 3.8) is 0 Å². The van der Waals surface area contributed by atoms with Crippen molar-refractivity contribution in [2.45, 2.75) is 0 Å². The Morgan fingerprint density at radius 3 is 2.19 bits per heavy atom. The smallest absolute Gasteiger partial charge is 0.297 e. The van der Waals surface area contributed by atoms with Gasteiger partial charge in [0.2, 0.25) is 5.69 Å². The molecule has 4 rings (SSSR count). The Hall–Kier alpha value is -3.44. The number of hydrogen-bond donors (Lipinski definition) is 2. The monoisotopic (exact) mass is 372 g/mol. The minimum atomic E-state index is 0.263. The molecule has 5 heteroatoms. The van der Waals surface area contributed by atoms with E-state index in [1.165, 1.54) is 0 Å². The average Bonchev–Trinajstić information content (AvgIpc) is 3.12. The van der Waals surface area contributed by atoms with Gasteiger partial charge in [0.25, 0.3) is 10.1 Å². The van der Waals surface area contributed by atoms with Crippen LogP contribution in [0.5, 0.6) is 5.75 Å². The quantitative estimate of drug-likeness (QED) is 0.483. The van der Waals surface area contributed by atoms with E-state index in [9.17, 15) is 5.11 Å². The second kappa shape index (κ2) is 7.85. The van der Waals surface area contributed by atoms with Gasteiger partial charge in [-0.3, -0.25) is 0 Å². The highest BCUT2D eigenvalue weighted by molar-refractivity contribution is 7.15. The fourth-order valence-electron chi connectivity index (χ4n) is 2.61. The van der Waals surface area contributed by atoms with Crippen LogP contribution in [0.2, 0.25) is 0 Å². The zero-order valence-corrected chi connectivity index (χ0v) is 15.3. The van der Waals surface area contributed by atoms with Gasteiger partial charge < -0.3 is 10.4 Å². The summed E-state index contributed by atoms with van der Waals surface area (Å²) in [4.78, 5) is 0. The number of aromatic nitrogens is 2. The predicted molar refractivity (Wildman–Crippen MR) is 110 cm³/mol. The van der Waals surface area contributed by atoms with E-state index in [4.69, 9.17) is 5.10 Å². The van der Waals surface area contributed by atoms with Gasteiger partial charge in [-0.05, 0) is 51.9 Å². The number of nitrogens with one attached hydrogen (secondary N) is 1. The minimum Gasteiger partial charge on any atom is -0.508 e. The van der Waals surface area contributed by atoms with E-state index < -0.39 is 0 Å². The first-order valence-electron chi connectivity index (χ1n) is 8.56. The molecule has 0 amide bonds. The summed E-state index contributed by atoms with van der Waals surface area (Å²) in [5, 5.41) is 19.3. The number of anilines is 2. The molecule has 0 saturated heterocycles. The lowest BCUT2D eigenvalue weighted by Crippen LogP contribution is -2.35.